The fourth-order valence-electron chi connectivity index (χ4n) is 1.07. The van der Waals surface area contributed by atoms with E-state index in [-0.39, 0.29) is 0 Å². The first-order valence-electron chi connectivity index (χ1n) is 4.57. The minimum atomic E-state index is 0.430. The topological polar surface area (TPSA) is 61.3 Å². The monoisotopic (exact) mass is 184 g/mol. The van der Waals surface area contributed by atoms with Gasteiger partial charge in [0.2, 0.25) is 0 Å². The number of aromatic nitrogens is 1. The standard InChI is InChI=1S/C9H16N2O2/c1-2-4-12-5-3-9-8(6-10)11-7-13-9/h7H,2-6,10H2,1H3. The smallest absolute Gasteiger partial charge is 0.181 e. The highest BCUT2D eigenvalue weighted by Gasteiger charge is 2.05. The minimum Gasteiger partial charge on any atom is -0.448 e. The van der Waals surface area contributed by atoms with Gasteiger partial charge in [0.1, 0.15) is 5.76 Å². The van der Waals surface area contributed by atoms with Gasteiger partial charge in [0, 0.05) is 19.6 Å². The molecule has 13 heavy (non-hydrogen) atoms. The second-order valence-electron chi connectivity index (χ2n) is 2.79. The molecule has 0 aliphatic rings. The summed E-state index contributed by atoms with van der Waals surface area (Å²) in [4.78, 5) is 3.99. The summed E-state index contributed by atoms with van der Waals surface area (Å²) >= 11 is 0. The lowest BCUT2D eigenvalue weighted by molar-refractivity contribution is 0.134. The van der Waals surface area contributed by atoms with E-state index in [9.17, 15) is 0 Å². The molecule has 0 radical (unpaired) electrons. The Morgan fingerprint density at radius 3 is 3.08 bits per heavy atom. The number of hydrogen-bond acceptors (Lipinski definition) is 4. The van der Waals surface area contributed by atoms with Crippen molar-refractivity contribution in [1.82, 2.24) is 4.98 Å². The van der Waals surface area contributed by atoms with Crippen LogP contribution in [0, 0.1) is 0 Å². The van der Waals surface area contributed by atoms with Gasteiger partial charge in [0.05, 0.1) is 12.3 Å². The lowest BCUT2D eigenvalue weighted by Gasteiger charge is -2.00. The number of nitrogens with zero attached hydrogens (tertiary/aromatic N) is 1. The molecule has 1 aromatic rings. The quantitative estimate of drug-likeness (QED) is 0.672. The van der Waals surface area contributed by atoms with Crippen molar-refractivity contribution in [1.29, 1.82) is 0 Å². The van der Waals surface area contributed by atoms with Gasteiger partial charge in [-0.3, -0.25) is 0 Å². The first-order valence-corrected chi connectivity index (χ1v) is 4.57. The van der Waals surface area contributed by atoms with E-state index < -0.39 is 0 Å². The van der Waals surface area contributed by atoms with Crippen LogP contribution < -0.4 is 5.73 Å². The summed E-state index contributed by atoms with van der Waals surface area (Å²) in [6.07, 6.45) is 3.23. The normalized spacial score (nSPS) is 10.6. The first-order chi connectivity index (χ1) is 6.38. The third kappa shape index (κ3) is 3.16. The average molecular weight is 184 g/mol. The van der Waals surface area contributed by atoms with Gasteiger partial charge in [-0.2, -0.15) is 0 Å². The maximum atomic E-state index is 5.46. The van der Waals surface area contributed by atoms with Crippen LogP contribution in [0.4, 0.5) is 0 Å². The molecule has 1 aromatic heterocycles. The number of rotatable bonds is 6. The highest BCUT2D eigenvalue weighted by atomic mass is 16.5. The largest absolute Gasteiger partial charge is 0.448 e. The van der Waals surface area contributed by atoms with Crippen molar-refractivity contribution in [2.24, 2.45) is 5.73 Å². The van der Waals surface area contributed by atoms with E-state index in [4.69, 9.17) is 14.9 Å². The Bertz CT molecular complexity index is 235. The van der Waals surface area contributed by atoms with Gasteiger partial charge in [-0.25, -0.2) is 4.98 Å². The Morgan fingerprint density at radius 1 is 1.54 bits per heavy atom. The second-order valence-corrected chi connectivity index (χ2v) is 2.79. The average Bonchev–Trinajstić information content (AvgIpc) is 2.60. The molecule has 0 atom stereocenters. The Morgan fingerprint density at radius 2 is 2.38 bits per heavy atom. The Kier molecular flexibility index (Phi) is 4.49. The summed E-state index contributed by atoms with van der Waals surface area (Å²) in [5.74, 6) is 0.846. The summed E-state index contributed by atoms with van der Waals surface area (Å²) in [7, 11) is 0. The van der Waals surface area contributed by atoms with Gasteiger partial charge in [0.15, 0.2) is 6.39 Å². The summed E-state index contributed by atoms with van der Waals surface area (Å²) in [6, 6.07) is 0. The molecule has 0 spiro atoms. The van der Waals surface area contributed by atoms with Crippen LogP contribution in [0.15, 0.2) is 10.8 Å². The zero-order valence-electron chi connectivity index (χ0n) is 7.95. The van der Waals surface area contributed by atoms with Gasteiger partial charge in [-0.1, -0.05) is 6.92 Å². The van der Waals surface area contributed by atoms with Crippen molar-refractivity contribution in [2.45, 2.75) is 26.3 Å². The molecule has 0 unspecified atom stereocenters. The van der Waals surface area contributed by atoms with Crippen molar-refractivity contribution in [3.8, 4) is 0 Å². The molecule has 0 amide bonds. The molecule has 0 saturated carbocycles. The molecule has 0 bridgehead atoms. The third-order valence-corrected chi connectivity index (χ3v) is 1.74. The maximum Gasteiger partial charge on any atom is 0.181 e. The first kappa shape index (κ1) is 10.2. The van der Waals surface area contributed by atoms with Crippen molar-refractivity contribution in [3.05, 3.63) is 17.8 Å². The molecule has 4 heteroatoms. The van der Waals surface area contributed by atoms with Crippen molar-refractivity contribution in [3.63, 3.8) is 0 Å². The third-order valence-electron chi connectivity index (χ3n) is 1.74. The van der Waals surface area contributed by atoms with Crippen LogP contribution in [0.1, 0.15) is 24.8 Å². The number of nitrogens with two attached hydrogens (primary N) is 1. The van der Waals surface area contributed by atoms with E-state index in [1.165, 1.54) is 6.39 Å². The second kappa shape index (κ2) is 5.72. The van der Waals surface area contributed by atoms with Gasteiger partial charge in [-0.05, 0) is 6.42 Å². The van der Waals surface area contributed by atoms with Crippen molar-refractivity contribution < 1.29 is 9.15 Å². The maximum absolute atomic E-state index is 5.46. The summed E-state index contributed by atoms with van der Waals surface area (Å²) < 4.78 is 10.5. The molecule has 0 aromatic carbocycles. The molecule has 4 nitrogen and oxygen atoms in total. The van der Waals surface area contributed by atoms with Crippen molar-refractivity contribution in [2.75, 3.05) is 13.2 Å². The van der Waals surface area contributed by atoms with E-state index in [0.29, 0.717) is 13.2 Å². The zero-order valence-corrected chi connectivity index (χ0v) is 7.95. The lowest BCUT2D eigenvalue weighted by atomic mass is 10.3. The molecule has 2 N–H and O–H groups in total. The van der Waals surface area contributed by atoms with Crippen LogP contribution in [0.25, 0.3) is 0 Å². The van der Waals surface area contributed by atoms with E-state index in [0.717, 1.165) is 30.9 Å². The summed E-state index contributed by atoms with van der Waals surface area (Å²) in [6.45, 7) is 3.99. The number of hydrogen-bond donors (Lipinski definition) is 1. The highest BCUT2D eigenvalue weighted by molar-refractivity contribution is 5.06. The van der Waals surface area contributed by atoms with Crippen LogP contribution >= 0.6 is 0 Å². The molecule has 74 valence electrons. The van der Waals surface area contributed by atoms with Gasteiger partial charge < -0.3 is 14.9 Å². The summed E-state index contributed by atoms with van der Waals surface area (Å²) in [5.41, 5.74) is 6.30. The molecule has 1 rings (SSSR count). The van der Waals surface area contributed by atoms with Crippen LogP contribution in [0.5, 0.6) is 0 Å². The fraction of sp³-hybridized carbons (Fsp3) is 0.667. The van der Waals surface area contributed by atoms with E-state index >= 15 is 0 Å². The minimum absolute atomic E-state index is 0.430. The van der Waals surface area contributed by atoms with Gasteiger partial charge in [-0.15, -0.1) is 0 Å². The van der Waals surface area contributed by atoms with E-state index in [1.54, 1.807) is 0 Å². The number of oxazole rings is 1. The van der Waals surface area contributed by atoms with Crippen LogP contribution in [0.3, 0.4) is 0 Å². The Balaban J connectivity index is 2.27. The Hall–Kier alpha value is -0.870. The van der Waals surface area contributed by atoms with Crippen molar-refractivity contribution >= 4 is 0 Å². The Labute approximate surface area is 78.1 Å². The van der Waals surface area contributed by atoms with Gasteiger partial charge in [0.25, 0.3) is 0 Å². The molecule has 0 aliphatic carbocycles. The number of ether oxygens (including phenoxy) is 1. The molecule has 0 saturated heterocycles. The van der Waals surface area contributed by atoms with Crippen LogP contribution in [-0.2, 0) is 17.7 Å². The molecule has 0 fully saturated rings. The fourth-order valence-corrected chi connectivity index (χ4v) is 1.07. The summed E-state index contributed by atoms with van der Waals surface area (Å²) in [5, 5.41) is 0. The SMILES string of the molecule is CCCOCCc1ocnc1CN. The zero-order chi connectivity index (χ0) is 9.52. The van der Waals surface area contributed by atoms with Gasteiger partial charge >= 0.3 is 0 Å². The van der Waals surface area contributed by atoms with Crippen LogP contribution in [-0.4, -0.2) is 18.2 Å². The van der Waals surface area contributed by atoms with Crippen LogP contribution in [0.2, 0.25) is 0 Å². The highest BCUT2D eigenvalue weighted by Crippen LogP contribution is 2.06. The van der Waals surface area contributed by atoms with E-state index in [1.807, 2.05) is 0 Å². The predicted molar refractivity (Wildman–Crippen MR) is 49.2 cm³/mol. The molecule has 0 aliphatic heterocycles. The molecular formula is C9H16N2O2. The lowest BCUT2D eigenvalue weighted by Crippen LogP contribution is -2.04. The predicted octanol–water partition coefficient (Wildman–Crippen LogP) is 1.10. The van der Waals surface area contributed by atoms with E-state index in [2.05, 4.69) is 11.9 Å². The molecular weight excluding hydrogens is 168 g/mol. The molecule has 1 heterocycles.